The number of primary amides is 2. The first-order valence-electron chi connectivity index (χ1n) is 20.9. The molecule has 6 aliphatic carbocycles. The molecule has 18 heteroatoms. The third-order valence-electron chi connectivity index (χ3n) is 13.7. The van der Waals surface area contributed by atoms with Crippen LogP contribution in [0.15, 0.2) is 70.2 Å². The van der Waals surface area contributed by atoms with Gasteiger partial charge in [0.25, 0.3) is 11.8 Å². The van der Waals surface area contributed by atoms with E-state index in [9.17, 15) is 64.5 Å². The summed E-state index contributed by atoms with van der Waals surface area (Å²) in [6.07, 6.45) is 2.64. The summed E-state index contributed by atoms with van der Waals surface area (Å²) in [5.74, 6) is -11.8. The number of hydrogen-bond donors (Lipinski definition) is 9. The zero-order valence-electron chi connectivity index (χ0n) is 35.9. The molecule has 2 amide bonds. The maximum absolute atomic E-state index is 13.8. The second-order valence-corrected chi connectivity index (χ2v) is 17.7. The van der Waals surface area contributed by atoms with Crippen LogP contribution in [0.25, 0.3) is 11.5 Å². The molecular formula is C48H60N4O14. The molecule has 6 aliphatic rings. The smallest absolute Gasteiger partial charge is 0.255 e. The Morgan fingerprint density at radius 3 is 1.50 bits per heavy atom. The van der Waals surface area contributed by atoms with Crippen LogP contribution in [-0.4, -0.2) is 139 Å². The van der Waals surface area contributed by atoms with Crippen LogP contribution in [0.1, 0.15) is 69.7 Å². The molecule has 0 unspecified atom stereocenters. The van der Waals surface area contributed by atoms with Crippen molar-refractivity contribution in [3.63, 3.8) is 0 Å². The van der Waals surface area contributed by atoms with E-state index in [1.54, 1.807) is 46.4 Å². The highest BCUT2D eigenvalue weighted by Crippen LogP contribution is 2.54. The fourth-order valence-corrected chi connectivity index (χ4v) is 10.8. The molecule has 2 aromatic carbocycles. The lowest BCUT2D eigenvalue weighted by molar-refractivity contribution is -0.155. The summed E-state index contributed by atoms with van der Waals surface area (Å²) in [5, 5.41) is 76.8. The molecule has 18 nitrogen and oxygen atoms in total. The third kappa shape index (κ3) is 7.35. The van der Waals surface area contributed by atoms with Gasteiger partial charge in [-0.25, -0.2) is 0 Å². The summed E-state index contributed by atoms with van der Waals surface area (Å²) >= 11 is 0. The number of ketones is 4. The second-order valence-electron chi connectivity index (χ2n) is 17.7. The van der Waals surface area contributed by atoms with Crippen LogP contribution < -0.4 is 16.2 Å². The number of likely N-dealkylation sites (N-methyl/N-ethyl adjacent to an activating group) is 2. The molecule has 0 spiro atoms. The molecule has 2 aromatic rings. The molecule has 8 atom stereocenters. The zero-order chi connectivity index (χ0) is 47.1. The second kappa shape index (κ2) is 18.1. The Morgan fingerprint density at radius 2 is 1.09 bits per heavy atom. The van der Waals surface area contributed by atoms with Gasteiger partial charge in [0.1, 0.15) is 45.7 Å². The number of ether oxygens (including phenoxy) is 1. The molecule has 0 aliphatic heterocycles. The van der Waals surface area contributed by atoms with Crippen LogP contribution in [0.5, 0.6) is 11.5 Å². The van der Waals surface area contributed by atoms with Gasteiger partial charge >= 0.3 is 0 Å². The number of carbonyl (C=O) groups excluding carboxylic acids is 6. The number of aromatic hydroxyl groups is 1. The SMILES string of the molecule is C.C.CCCCOc1cccc2c1C(O)=C1C(=O)[C@]3(O)C(O)=C(C(N)=O)C(=O)[C@@H](N(C)C)[C@@H]3C[C@@H]1C2.CN(C)[C@@H]1C(=O)C(C(N)=O)=C(O)[C@@]2(O)C(=O)C3=C(O)c4c(O)cccc4C[C@H]3C[C@@H]12. The maximum Gasteiger partial charge on any atom is 0.255 e. The Morgan fingerprint density at radius 1 is 0.682 bits per heavy atom. The summed E-state index contributed by atoms with van der Waals surface area (Å²) in [6.45, 7) is 2.47. The van der Waals surface area contributed by atoms with Crippen LogP contribution >= 0.6 is 0 Å². The number of hydrogen-bond acceptors (Lipinski definition) is 16. The van der Waals surface area contributed by atoms with Gasteiger partial charge in [-0.15, -0.1) is 0 Å². The fourth-order valence-electron chi connectivity index (χ4n) is 10.8. The van der Waals surface area contributed by atoms with Crippen molar-refractivity contribution in [2.24, 2.45) is 35.1 Å². The molecule has 8 rings (SSSR count). The predicted octanol–water partition coefficient (Wildman–Crippen LogP) is 2.67. The normalized spacial score (nSPS) is 28.7. The van der Waals surface area contributed by atoms with Crippen LogP contribution in [-0.2, 0) is 41.6 Å². The Kier molecular flexibility index (Phi) is 13.9. The Hall–Kier alpha value is -6.34. The van der Waals surface area contributed by atoms with Gasteiger partial charge in [0.15, 0.2) is 22.8 Å². The largest absolute Gasteiger partial charge is 0.508 e. The number of rotatable bonds is 8. The van der Waals surface area contributed by atoms with Crippen LogP contribution in [0, 0.1) is 23.7 Å². The maximum atomic E-state index is 13.8. The molecule has 0 aromatic heterocycles. The molecule has 66 heavy (non-hydrogen) atoms. The number of Topliss-reactive ketones (excluding diaryl/α,β-unsaturated/α-hetero) is 4. The number of nitrogens with zero attached hydrogens (tertiary/aromatic N) is 2. The number of carbonyl (C=O) groups is 6. The van der Waals surface area contributed by atoms with Gasteiger partial charge in [-0.1, -0.05) is 52.5 Å². The van der Waals surface area contributed by atoms with Gasteiger partial charge < -0.3 is 51.9 Å². The van der Waals surface area contributed by atoms with Crippen LogP contribution in [0.3, 0.4) is 0 Å². The highest BCUT2D eigenvalue weighted by atomic mass is 16.5. The van der Waals surface area contributed by atoms with E-state index in [-0.39, 0.29) is 55.9 Å². The summed E-state index contributed by atoms with van der Waals surface area (Å²) in [5.41, 5.74) is 5.53. The Bertz CT molecular complexity index is 2560. The molecule has 356 valence electrons. The average Bonchev–Trinajstić information content (AvgIpc) is 3.20. The first kappa shape index (κ1) is 50.7. The number of fused-ring (bicyclic) bond motifs is 6. The highest BCUT2D eigenvalue weighted by Gasteiger charge is 2.65. The quantitative estimate of drug-likeness (QED) is 0.136. The van der Waals surface area contributed by atoms with Gasteiger partial charge in [-0.3, -0.25) is 38.6 Å². The standard InChI is InChI=1S/C25H30N2O7.C21H22N2O7.2CH4/c1-4-5-9-34-15-8-6-7-12-10-13-11-14-19(27(2)3)21(29)18(24(26)32)23(31)25(14,33)22(30)17(13)20(28)16(12)15;1-23(2)15-10-7-9-6-8-4-3-5-11(24)12(8)16(25)13(9)18(27)21(10,30)19(28)14(17(15)26)20(22)29;;/h6-8,13-14,19,28,31,33H,4-5,9-11H2,1-3H3,(H2,26,32);3-5,9-10,15,24-25,28,30H,6-7H2,1-2H3,(H2,22,29);2*1H4/t13-,14-,19-,25-;9-,10-,15-,21-;;/m00../s1. The van der Waals surface area contributed by atoms with Crippen molar-refractivity contribution in [3.05, 3.63) is 92.5 Å². The van der Waals surface area contributed by atoms with Gasteiger partial charge in [0.05, 0.1) is 29.8 Å². The van der Waals surface area contributed by atoms with Crippen molar-refractivity contribution in [1.82, 2.24) is 9.80 Å². The van der Waals surface area contributed by atoms with E-state index in [1.807, 2.05) is 19.1 Å². The van der Waals surface area contributed by atoms with Crippen molar-refractivity contribution >= 4 is 46.5 Å². The first-order chi connectivity index (χ1) is 30.1. The minimum Gasteiger partial charge on any atom is -0.508 e. The Labute approximate surface area is 382 Å². The molecule has 0 heterocycles. The van der Waals surface area contributed by atoms with Crippen LogP contribution in [0.4, 0.5) is 0 Å². The number of amides is 2. The van der Waals surface area contributed by atoms with Gasteiger partial charge in [0, 0.05) is 23.0 Å². The molecule has 11 N–H and O–H groups in total. The molecular weight excluding hydrogens is 857 g/mol. The molecule has 0 bridgehead atoms. The van der Waals surface area contributed by atoms with Crippen LogP contribution in [0.2, 0.25) is 0 Å². The zero-order valence-corrected chi connectivity index (χ0v) is 35.9. The first-order valence-corrected chi connectivity index (χ1v) is 20.9. The van der Waals surface area contributed by atoms with E-state index in [1.165, 1.54) is 15.9 Å². The minimum atomic E-state index is -2.60. The van der Waals surface area contributed by atoms with Crippen molar-refractivity contribution in [1.29, 1.82) is 0 Å². The summed E-state index contributed by atoms with van der Waals surface area (Å²) in [6, 6.07) is 7.94. The van der Waals surface area contributed by atoms with E-state index in [2.05, 4.69) is 0 Å². The van der Waals surface area contributed by atoms with Crippen molar-refractivity contribution in [2.75, 3.05) is 34.8 Å². The number of unbranched alkanes of at least 4 members (excludes halogenated alkanes) is 1. The van der Waals surface area contributed by atoms with E-state index in [0.717, 1.165) is 18.4 Å². The lowest BCUT2D eigenvalue weighted by Gasteiger charge is -2.50. The molecule has 2 fully saturated rings. The lowest BCUT2D eigenvalue weighted by atomic mass is 9.57. The average molecular weight is 917 g/mol. The summed E-state index contributed by atoms with van der Waals surface area (Å²) in [4.78, 5) is 80.1. The van der Waals surface area contributed by atoms with Crippen molar-refractivity contribution in [2.45, 2.75) is 83.6 Å². The number of benzene rings is 2. The van der Waals surface area contributed by atoms with E-state index in [4.69, 9.17) is 16.2 Å². The topological polar surface area (TPSA) is 312 Å². The van der Waals surface area contributed by atoms with Crippen molar-refractivity contribution < 1.29 is 69.2 Å². The van der Waals surface area contributed by atoms with E-state index >= 15 is 0 Å². The monoisotopic (exact) mass is 916 g/mol. The highest BCUT2D eigenvalue weighted by molar-refractivity contribution is 6.25. The van der Waals surface area contributed by atoms with E-state index < -0.39 is 110 Å². The predicted molar refractivity (Wildman–Crippen MR) is 241 cm³/mol. The number of phenolic OH excluding ortho intramolecular Hbond substituents is 1. The Balaban J connectivity index is 0.000000242. The number of phenols is 1. The van der Waals surface area contributed by atoms with E-state index in [0.29, 0.717) is 36.3 Å². The number of nitrogens with two attached hydrogens (primary N) is 2. The molecule has 0 saturated heterocycles. The third-order valence-corrected chi connectivity index (χ3v) is 13.7. The number of aliphatic hydroxyl groups is 6. The molecule has 2 saturated carbocycles. The summed E-state index contributed by atoms with van der Waals surface area (Å²) in [7, 11) is 6.30. The van der Waals surface area contributed by atoms with Gasteiger partial charge in [0.2, 0.25) is 11.6 Å². The van der Waals surface area contributed by atoms with Gasteiger partial charge in [-0.05, 0) is 95.4 Å². The summed E-state index contributed by atoms with van der Waals surface area (Å²) < 4.78 is 5.86. The van der Waals surface area contributed by atoms with Gasteiger partial charge in [-0.2, -0.15) is 0 Å². The molecule has 0 radical (unpaired) electrons. The minimum absolute atomic E-state index is 0. The number of aliphatic hydroxyl groups excluding tert-OH is 4. The fraction of sp³-hybridized carbons (Fsp3) is 0.458. The van der Waals surface area contributed by atoms with Crippen molar-refractivity contribution in [3.8, 4) is 11.5 Å². The lowest BCUT2D eigenvalue weighted by Crippen LogP contribution is -2.65.